The zero-order chi connectivity index (χ0) is 42.3. The van der Waals surface area contributed by atoms with Crippen molar-refractivity contribution in [2.45, 2.75) is 206 Å². The molecule has 0 bridgehead atoms. The maximum absolute atomic E-state index is 12.6. The van der Waals surface area contributed by atoms with Crippen LogP contribution in [0.3, 0.4) is 0 Å². The van der Waals surface area contributed by atoms with Gasteiger partial charge in [-0.05, 0) is 64.2 Å². The lowest BCUT2D eigenvalue weighted by Gasteiger charge is -2.20. The van der Waals surface area contributed by atoms with Gasteiger partial charge in [-0.3, -0.25) is 23.2 Å². The average molecular weight is 855 g/mol. The van der Waals surface area contributed by atoms with E-state index in [1.165, 1.54) is 77.0 Å². The highest BCUT2D eigenvalue weighted by Crippen LogP contribution is 2.43. The van der Waals surface area contributed by atoms with Gasteiger partial charge in [0.05, 0.1) is 19.8 Å². The zero-order valence-electron chi connectivity index (χ0n) is 35.4. The molecule has 57 heavy (non-hydrogen) atoms. The van der Waals surface area contributed by atoms with Crippen molar-refractivity contribution in [2.24, 2.45) is 0 Å². The van der Waals surface area contributed by atoms with Crippen LogP contribution < -0.4 is 0 Å². The van der Waals surface area contributed by atoms with E-state index in [4.69, 9.17) is 23.8 Å². The van der Waals surface area contributed by atoms with E-state index in [0.29, 0.717) is 12.8 Å². The molecule has 0 amide bonds. The molecule has 0 aromatic rings. The predicted octanol–water partition coefficient (Wildman–Crippen LogP) is 11.1. The molecule has 13 nitrogen and oxygen atoms in total. The molecule has 0 spiro atoms. The molecule has 0 aromatic heterocycles. The topological polar surface area (TPSA) is 195 Å². The van der Waals surface area contributed by atoms with Crippen LogP contribution in [0, 0.1) is 0 Å². The van der Waals surface area contributed by atoms with E-state index in [0.717, 1.165) is 77.0 Å². The summed E-state index contributed by atoms with van der Waals surface area (Å²) < 4.78 is 47.7. The predicted molar refractivity (Wildman–Crippen MR) is 225 cm³/mol. The van der Waals surface area contributed by atoms with Crippen LogP contribution in [0.5, 0.6) is 0 Å². The van der Waals surface area contributed by atoms with Crippen LogP contribution in [0.1, 0.15) is 194 Å². The van der Waals surface area contributed by atoms with Gasteiger partial charge in [-0.2, -0.15) is 0 Å². The van der Waals surface area contributed by atoms with Gasteiger partial charge in [-0.15, -0.1) is 0 Å². The Kier molecular flexibility index (Phi) is 37.8. The van der Waals surface area contributed by atoms with Gasteiger partial charge >= 0.3 is 27.6 Å². The lowest BCUT2D eigenvalue weighted by atomic mass is 10.1. The van der Waals surface area contributed by atoms with Crippen LogP contribution in [-0.2, 0) is 41.8 Å². The van der Waals surface area contributed by atoms with E-state index in [2.05, 4.69) is 47.2 Å². The van der Waals surface area contributed by atoms with Crippen LogP contribution in [0.2, 0.25) is 0 Å². The number of phosphoric ester groups is 2. The van der Waals surface area contributed by atoms with E-state index in [1.54, 1.807) is 0 Å². The lowest BCUT2D eigenvalue weighted by Crippen LogP contribution is -2.30. The number of rotatable bonds is 42. The first-order chi connectivity index (χ1) is 27.4. The smallest absolute Gasteiger partial charge is 0.462 e. The van der Waals surface area contributed by atoms with Crippen molar-refractivity contribution in [1.29, 1.82) is 0 Å². The molecule has 3 atom stereocenters. The number of hydrogen-bond acceptors (Lipinski definition) is 10. The van der Waals surface area contributed by atoms with E-state index >= 15 is 0 Å². The highest BCUT2D eigenvalue weighted by atomic mass is 31.2. The number of unbranched alkanes of at least 4 members (excludes halogenated alkanes) is 22. The number of phosphoric acid groups is 2. The SMILES string of the molecule is CCCCCCCC/C=C\CCCCCCCC(=O)OC[C@H](COP(=O)(O)OC[C@@H](O)COP(=O)(O)O)OC(=O)CCCCCCC/C=C\CCCCCCCC. The number of aliphatic hydroxyl groups is 1. The van der Waals surface area contributed by atoms with Crippen molar-refractivity contribution >= 4 is 27.6 Å². The second-order valence-corrected chi connectivity index (χ2v) is 17.7. The van der Waals surface area contributed by atoms with Gasteiger partial charge in [0.1, 0.15) is 12.7 Å². The van der Waals surface area contributed by atoms with Crippen LogP contribution in [-0.4, -0.2) is 70.4 Å². The Morgan fingerprint density at radius 2 is 0.860 bits per heavy atom. The molecule has 0 fully saturated rings. The zero-order valence-corrected chi connectivity index (χ0v) is 37.2. The van der Waals surface area contributed by atoms with Crippen molar-refractivity contribution in [2.75, 3.05) is 26.4 Å². The summed E-state index contributed by atoms with van der Waals surface area (Å²) in [5, 5.41) is 9.74. The first-order valence-electron chi connectivity index (χ1n) is 22.0. The summed E-state index contributed by atoms with van der Waals surface area (Å²) in [6.07, 6.45) is 35.9. The van der Waals surface area contributed by atoms with Crippen molar-refractivity contribution in [3.8, 4) is 0 Å². The van der Waals surface area contributed by atoms with Crippen molar-refractivity contribution in [3.05, 3.63) is 24.3 Å². The fourth-order valence-electron chi connectivity index (χ4n) is 5.93. The molecule has 0 radical (unpaired) electrons. The molecule has 0 saturated heterocycles. The van der Waals surface area contributed by atoms with Gasteiger partial charge in [0.15, 0.2) is 6.10 Å². The Labute approximate surface area is 344 Å². The van der Waals surface area contributed by atoms with E-state index in [-0.39, 0.29) is 19.4 Å². The summed E-state index contributed by atoms with van der Waals surface area (Å²) in [7, 11) is -9.67. The third-order valence-corrected chi connectivity index (χ3v) is 10.7. The number of aliphatic hydroxyl groups excluding tert-OH is 1. The molecule has 0 aromatic carbocycles. The maximum Gasteiger partial charge on any atom is 0.472 e. The fourth-order valence-corrected chi connectivity index (χ4v) is 7.08. The largest absolute Gasteiger partial charge is 0.472 e. The average Bonchev–Trinajstić information content (AvgIpc) is 3.17. The molecule has 4 N–H and O–H groups in total. The summed E-state index contributed by atoms with van der Waals surface area (Å²) in [6, 6.07) is 0. The minimum absolute atomic E-state index is 0.122. The van der Waals surface area contributed by atoms with Crippen LogP contribution in [0.25, 0.3) is 0 Å². The Hall–Kier alpha value is -1.40. The molecule has 336 valence electrons. The molecule has 0 aliphatic heterocycles. The van der Waals surface area contributed by atoms with E-state index < -0.39 is 59.6 Å². The highest BCUT2D eigenvalue weighted by Gasteiger charge is 2.28. The second-order valence-electron chi connectivity index (χ2n) is 15.0. The molecule has 1 unspecified atom stereocenters. The number of carbonyl (C=O) groups is 2. The van der Waals surface area contributed by atoms with Crippen LogP contribution >= 0.6 is 15.6 Å². The van der Waals surface area contributed by atoms with Gasteiger partial charge in [-0.1, -0.05) is 141 Å². The van der Waals surface area contributed by atoms with Gasteiger partial charge in [0, 0.05) is 12.8 Å². The number of ether oxygens (including phenoxy) is 2. The van der Waals surface area contributed by atoms with E-state index in [9.17, 15) is 28.7 Å². The standard InChI is InChI=1S/C42H80O13P2/c1-3-5-7-9-11-13-15-17-19-21-23-25-27-29-31-33-41(44)51-37-40(38-54-57(49,50)53-36-39(43)35-52-56(46,47)48)55-42(45)34-32-30-28-26-24-22-20-18-16-14-12-10-8-6-4-2/h17-20,39-40,43H,3-16,21-38H2,1-2H3,(H,49,50)(H2,46,47,48)/b19-17-,20-18-/t39-,40+/m0/s1. The molecule has 0 aliphatic carbocycles. The highest BCUT2D eigenvalue weighted by molar-refractivity contribution is 7.47. The number of carbonyl (C=O) groups excluding carboxylic acids is 2. The third kappa shape index (κ3) is 42.5. The Morgan fingerprint density at radius 3 is 1.30 bits per heavy atom. The van der Waals surface area contributed by atoms with Crippen molar-refractivity contribution in [3.63, 3.8) is 0 Å². The van der Waals surface area contributed by atoms with Gasteiger partial charge in [0.2, 0.25) is 0 Å². The monoisotopic (exact) mass is 855 g/mol. The van der Waals surface area contributed by atoms with Crippen molar-refractivity contribution < 1.29 is 61.6 Å². The molecule has 0 heterocycles. The fraction of sp³-hybridized carbons (Fsp3) is 0.857. The molecule has 0 aliphatic rings. The summed E-state index contributed by atoms with van der Waals surface area (Å²) >= 11 is 0. The summed E-state index contributed by atoms with van der Waals surface area (Å²) in [5.41, 5.74) is 0. The van der Waals surface area contributed by atoms with Crippen molar-refractivity contribution in [1.82, 2.24) is 0 Å². The van der Waals surface area contributed by atoms with E-state index in [1.807, 2.05) is 0 Å². The van der Waals surface area contributed by atoms with Gasteiger partial charge in [0.25, 0.3) is 0 Å². The Bertz CT molecular complexity index is 1110. The minimum atomic E-state index is -4.86. The Balaban J connectivity index is 4.53. The minimum Gasteiger partial charge on any atom is -0.462 e. The molecule has 15 heteroatoms. The summed E-state index contributed by atoms with van der Waals surface area (Å²) in [6.45, 7) is 1.75. The number of hydrogen-bond donors (Lipinski definition) is 4. The van der Waals surface area contributed by atoms with Crippen LogP contribution in [0.4, 0.5) is 0 Å². The third-order valence-electron chi connectivity index (χ3n) is 9.30. The number of esters is 2. The first kappa shape index (κ1) is 55.6. The van der Waals surface area contributed by atoms with Gasteiger partial charge < -0.3 is 29.3 Å². The first-order valence-corrected chi connectivity index (χ1v) is 25.1. The quantitative estimate of drug-likeness (QED) is 0.0196. The molecular weight excluding hydrogens is 774 g/mol. The molecular formula is C42H80O13P2. The lowest BCUT2D eigenvalue weighted by molar-refractivity contribution is -0.161. The second kappa shape index (κ2) is 38.8. The summed E-state index contributed by atoms with van der Waals surface area (Å²) in [4.78, 5) is 52.7. The maximum atomic E-state index is 12.6. The Morgan fingerprint density at radius 1 is 0.491 bits per heavy atom. The normalized spacial score (nSPS) is 14.3. The van der Waals surface area contributed by atoms with Gasteiger partial charge in [-0.25, -0.2) is 9.13 Å². The summed E-state index contributed by atoms with van der Waals surface area (Å²) in [5.74, 6) is -1.05. The molecule has 0 rings (SSSR count). The van der Waals surface area contributed by atoms with Crippen LogP contribution in [0.15, 0.2) is 24.3 Å². The molecule has 0 saturated carbocycles. The number of allylic oxidation sites excluding steroid dienone is 4.